The van der Waals surface area contributed by atoms with Gasteiger partial charge in [-0.3, -0.25) is 9.69 Å². The number of nitrogens with two attached hydrogens (primary N) is 1. The van der Waals surface area contributed by atoms with Crippen LogP contribution in [0.2, 0.25) is 5.02 Å². The molecule has 1 fully saturated rings. The number of H-pyrrole nitrogens is 1. The van der Waals surface area contributed by atoms with Crippen LogP contribution in [0.1, 0.15) is 23.2 Å². The van der Waals surface area contributed by atoms with Crippen molar-refractivity contribution in [1.29, 1.82) is 0 Å². The zero-order valence-electron chi connectivity index (χ0n) is 20.5. The number of urea groups is 1. The van der Waals surface area contributed by atoms with Crippen molar-refractivity contribution in [3.05, 3.63) is 89.7 Å². The number of hydrogen-bond donors (Lipinski definition) is 2. The lowest BCUT2D eigenvalue weighted by molar-refractivity contribution is -0.779. The predicted molar refractivity (Wildman–Crippen MR) is 144 cm³/mol. The standard InChI is InChI=1S/C28H26ClN5O4/c29-23-17-32-24-16-19(9-10-22(23)24)27(36)33(20-6-2-1-3-7-20)18-26(35)34(28(30)37)14-11-21(12-15-34)38-25-8-4-5-13-31-25/h1-10,13,16-17,21H,11-12,14-15,18H2,(H2-,30,32,36,37)/p+1. The van der Waals surface area contributed by atoms with Crippen LogP contribution in [0.4, 0.5) is 10.5 Å². The monoisotopic (exact) mass is 532 g/mol. The summed E-state index contributed by atoms with van der Waals surface area (Å²) in [6, 6.07) is 18.7. The van der Waals surface area contributed by atoms with E-state index in [4.69, 9.17) is 22.1 Å². The number of halogens is 1. The maximum absolute atomic E-state index is 13.8. The lowest BCUT2D eigenvalue weighted by Crippen LogP contribution is -2.66. The Hall–Kier alpha value is -4.21. The number of aromatic nitrogens is 2. The lowest BCUT2D eigenvalue weighted by atomic mass is 10.0. The number of carbonyl (C=O) groups excluding carboxylic acids is 3. The van der Waals surface area contributed by atoms with Crippen molar-refractivity contribution in [1.82, 2.24) is 9.97 Å². The molecule has 9 nitrogen and oxygen atoms in total. The van der Waals surface area contributed by atoms with Crippen molar-refractivity contribution >= 4 is 46.0 Å². The van der Waals surface area contributed by atoms with Gasteiger partial charge in [0.1, 0.15) is 12.6 Å². The third kappa shape index (κ3) is 4.98. The van der Waals surface area contributed by atoms with E-state index in [1.165, 1.54) is 4.90 Å². The number of hydrogen-bond acceptors (Lipinski definition) is 5. The molecule has 0 spiro atoms. The fraction of sp³-hybridized carbons (Fsp3) is 0.214. The minimum atomic E-state index is -0.741. The molecule has 0 aliphatic carbocycles. The molecule has 3 heterocycles. The molecule has 1 aliphatic rings. The molecule has 0 atom stereocenters. The number of benzene rings is 2. The highest BCUT2D eigenvalue weighted by atomic mass is 35.5. The van der Waals surface area contributed by atoms with Crippen LogP contribution in [0.25, 0.3) is 10.9 Å². The van der Waals surface area contributed by atoms with Crippen LogP contribution in [0.3, 0.4) is 0 Å². The molecule has 2 aromatic heterocycles. The van der Waals surface area contributed by atoms with Crippen molar-refractivity contribution in [2.24, 2.45) is 5.73 Å². The maximum Gasteiger partial charge on any atom is 0.421 e. The van der Waals surface area contributed by atoms with Crippen molar-refractivity contribution < 1.29 is 23.6 Å². The summed E-state index contributed by atoms with van der Waals surface area (Å²) in [6.07, 6.45) is 3.97. The molecule has 0 unspecified atom stereocenters. The smallest absolute Gasteiger partial charge is 0.421 e. The van der Waals surface area contributed by atoms with E-state index in [1.54, 1.807) is 67.0 Å². The molecular weight excluding hydrogens is 506 g/mol. The zero-order chi connectivity index (χ0) is 26.7. The van der Waals surface area contributed by atoms with Gasteiger partial charge in [0.05, 0.1) is 18.1 Å². The predicted octanol–water partition coefficient (Wildman–Crippen LogP) is 4.53. The number of rotatable bonds is 6. The second kappa shape index (κ2) is 10.6. The summed E-state index contributed by atoms with van der Waals surface area (Å²) in [7, 11) is 0. The molecule has 0 saturated carbocycles. The summed E-state index contributed by atoms with van der Waals surface area (Å²) in [4.78, 5) is 48.8. The number of aromatic amines is 1. The van der Waals surface area contributed by atoms with Crippen LogP contribution < -0.4 is 15.4 Å². The number of piperidine rings is 1. The van der Waals surface area contributed by atoms with E-state index in [-0.39, 0.29) is 31.6 Å². The SMILES string of the molecule is NC(=O)[N+]1(C(=O)CN(C(=O)c2ccc3c(Cl)c[nH]c3c2)c2ccccc2)CCC(Oc2ccccn2)CC1. The Morgan fingerprint density at radius 3 is 2.47 bits per heavy atom. The molecule has 0 radical (unpaired) electrons. The molecule has 10 heteroatoms. The highest BCUT2D eigenvalue weighted by Gasteiger charge is 2.47. The van der Waals surface area contributed by atoms with Crippen LogP contribution in [-0.2, 0) is 4.79 Å². The van der Waals surface area contributed by atoms with Gasteiger partial charge in [0.25, 0.3) is 5.91 Å². The maximum atomic E-state index is 13.8. The fourth-order valence-electron chi connectivity index (χ4n) is 4.82. The summed E-state index contributed by atoms with van der Waals surface area (Å²) in [5.74, 6) is -0.341. The van der Waals surface area contributed by atoms with Gasteiger partial charge in [-0.15, -0.1) is 0 Å². The molecular formula is C28H27ClN5O4+. The van der Waals surface area contributed by atoms with Gasteiger partial charge >= 0.3 is 11.9 Å². The number of para-hydroxylation sites is 1. The van der Waals surface area contributed by atoms with Crippen molar-refractivity contribution in [2.45, 2.75) is 18.9 Å². The van der Waals surface area contributed by atoms with Crippen molar-refractivity contribution in [3.63, 3.8) is 0 Å². The Kier molecular flexibility index (Phi) is 7.13. The number of carbonyl (C=O) groups is 3. The highest BCUT2D eigenvalue weighted by molar-refractivity contribution is 6.35. The van der Waals surface area contributed by atoms with Gasteiger partial charge in [0.2, 0.25) is 5.88 Å². The normalized spacial score (nSPS) is 19.1. The quantitative estimate of drug-likeness (QED) is 0.354. The Bertz CT molecular complexity index is 1470. The van der Waals surface area contributed by atoms with E-state index >= 15 is 0 Å². The van der Waals surface area contributed by atoms with E-state index in [9.17, 15) is 14.4 Å². The molecule has 4 aromatic rings. The summed E-state index contributed by atoms with van der Waals surface area (Å²) in [5, 5.41) is 1.34. The Morgan fingerprint density at radius 2 is 1.79 bits per heavy atom. The Morgan fingerprint density at radius 1 is 1.05 bits per heavy atom. The van der Waals surface area contributed by atoms with Gasteiger partial charge in [-0.2, -0.15) is 4.48 Å². The average molecular weight is 533 g/mol. The average Bonchev–Trinajstić information content (AvgIpc) is 3.32. The first-order chi connectivity index (χ1) is 18.4. The summed E-state index contributed by atoms with van der Waals surface area (Å²) in [5.41, 5.74) is 7.42. The van der Waals surface area contributed by atoms with Crippen LogP contribution >= 0.6 is 11.6 Å². The third-order valence-corrected chi connectivity index (χ3v) is 7.29. The van der Waals surface area contributed by atoms with Gasteiger partial charge in [-0.05, 0) is 30.3 Å². The second-order valence-corrected chi connectivity index (χ2v) is 9.66. The van der Waals surface area contributed by atoms with Gasteiger partial charge in [0.15, 0.2) is 0 Å². The minimum Gasteiger partial charge on any atom is -0.474 e. The Balaban J connectivity index is 1.38. The molecule has 1 aliphatic heterocycles. The molecule has 1 saturated heterocycles. The molecule has 5 rings (SSSR count). The zero-order valence-corrected chi connectivity index (χ0v) is 21.3. The van der Waals surface area contributed by atoms with Crippen LogP contribution in [0, 0.1) is 0 Å². The number of likely N-dealkylation sites (tertiary alicyclic amines) is 1. The van der Waals surface area contributed by atoms with E-state index in [0.717, 1.165) is 5.39 Å². The summed E-state index contributed by atoms with van der Waals surface area (Å²) < 4.78 is 5.38. The summed E-state index contributed by atoms with van der Waals surface area (Å²) in [6.45, 7) is 0.0336. The van der Waals surface area contributed by atoms with Crippen LogP contribution in [-0.4, -0.2) is 58.0 Å². The molecule has 194 valence electrons. The fourth-order valence-corrected chi connectivity index (χ4v) is 5.04. The number of imide groups is 1. The van der Waals surface area contributed by atoms with E-state index in [1.807, 2.05) is 12.1 Å². The molecule has 2 aromatic carbocycles. The van der Waals surface area contributed by atoms with Gasteiger partial charge in [-0.1, -0.05) is 41.9 Å². The van der Waals surface area contributed by atoms with E-state index in [0.29, 0.717) is 40.5 Å². The van der Waals surface area contributed by atoms with Crippen molar-refractivity contribution in [3.8, 4) is 5.88 Å². The molecule has 38 heavy (non-hydrogen) atoms. The van der Waals surface area contributed by atoms with Crippen molar-refractivity contribution in [2.75, 3.05) is 24.5 Å². The first kappa shape index (κ1) is 25.4. The van der Waals surface area contributed by atoms with E-state index < -0.39 is 16.4 Å². The first-order valence-corrected chi connectivity index (χ1v) is 12.7. The van der Waals surface area contributed by atoms with Gasteiger partial charge < -0.3 is 15.5 Å². The third-order valence-electron chi connectivity index (χ3n) is 6.97. The lowest BCUT2D eigenvalue weighted by Gasteiger charge is -2.38. The minimum absolute atomic E-state index is 0.176. The number of quaternary nitrogens is 1. The largest absolute Gasteiger partial charge is 0.474 e. The number of amides is 4. The first-order valence-electron chi connectivity index (χ1n) is 12.3. The number of fused-ring (bicyclic) bond motifs is 1. The van der Waals surface area contributed by atoms with E-state index in [2.05, 4.69) is 9.97 Å². The topological polar surface area (TPSA) is 118 Å². The second-order valence-electron chi connectivity index (χ2n) is 9.26. The van der Waals surface area contributed by atoms with Gasteiger partial charge in [-0.25, -0.2) is 14.6 Å². The molecule has 4 amide bonds. The number of nitrogens with zero attached hydrogens (tertiary/aromatic N) is 3. The number of ether oxygens (including phenoxy) is 1. The van der Waals surface area contributed by atoms with Crippen LogP contribution in [0.15, 0.2) is 79.1 Å². The number of anilines is 1. The highest BCUT2D eigenvalue weighted by Crippen LogP contribution is 2.27. The number of nitrogens with one attached hydrogen (secondary N) is 1. The summed E-state index contributed by atoms with van der Waals surface area (Å²) >= 11 is 6.19. The molecule has 0 bridgehead atoms. The van der Waals surface area contributed by atoms with Crippen LogP contribution in [0.5, 0.6) is 5.88 Å². The number of pyridine rings is 1. The Labute approximate surface area is 224 Å². The molecule has 3 N–H and O–H groups in total. The van der Waals surface area contributed by atoms with Gasteiger partial charge in [0, 0.05) is 53.5 Å². The number of primary amides is 1.